The van der Waals surface area contributed by atoms with E-state index >= 15 is 0 Å². The Hall–Kier alpha value is -2.17. The van der Waals surface area contributed by atoms with Gasteiger partial charge in [-0.3, -0.25) is 0 Å². The number of nitrogens with one attached hydrogen (secondary N) is 2. The minimum atomic E-state index is -0.356. The number of anilines is 1. The number of hydrogen-bond donors (Lipinski definition) is 2. The average Bonchev–Trinajstić information content (AvgIpc) is 2.72. The van der Waals surface area contributed by atoms with E-state index < -0.39 is 0 Å². The summed E-state index contributed by atoms with van der Waals surface area (Å²) in [4.78, 5) is 4.67. The van der Waals surface area contributed by atoms with Gasteiger partial charge in [0.25, 0.3) is 0 Å². The molecule has 2 N–H and O–H groups in total. The van der Waals surface area contributed by atoms with Crippen LogP contribution in [0.4, 0.5) is 10.1 Å². The van der Waals surface area contributed by atoms with Gasteiger partial charge in [0, 0.05) is 28.2 Å². The van der Waals surface area contributed by atoms with Crippen LogP contribution in [0.15, 0.2) is 48.5 Å². The first-order chi connectivity index (χ1) is 13.7. The Balaban J connectivity index is 1.54. The third-order valence-corrected chi connectivity index (χ3v) is 5.66. The maximum absolute atomic E-state index is 14.4. The lowest BCUT2D eigenvalue weighted by molar-refractivity contribution is 0.353. The van der Waals surface area contributed by atoms with Crippen molar-refractivity contribution < 1.29 is 4.39 Å². The van der Waals surface area contributed by atoms with Gasteiger partial charge in [0.1, 0.15) is 5.82 Å². The van der Waals surface area contributed by atoms with E-state index in [9.17, 15) is 4.39 Å². The van der Waals surface area contributed by atoms with Crippen molar-refractivity contribution in [3.63, 3.8) is 0 Å². The Bertz CT molecular complexity index is 954. The van der Waals surface area contributed by atoms with Crippen LogP contribution in [0.5, 0.6) is 0 Å². The van der Waals surface area contributed by atoms with E-state index in [1.807, 2.05) is 24.3 Å². The molecule has 0 bridgehead atoms. The Morgan fingerprint density at radius 2 is 2.07 bits per heavy atom. The van der Waals surface area contributed by atoms with Gasteiger partial charge in [0.15, 0.2) is 0 Å². The minimum absolute atomic E-state index is 0.356. The molecule has 1 aliphatic heterocycles. The normalized spacial score (nSPS) is 17.0. The standard InChI is InChI=1S/C23H25ClFN3/c24-17-9-10-18(20(25)13-17)23-14-22(19-7-1-2-8-21(19)28-23)27-12-4-6-16-5-3-11-26-15-16/h1-2,7-10,13-14,16,26H,3-6,11-12,15H2,(H,27,28). The molecule has 1 aromatic heterocycles. The lowest BCUT2D eigenvalue weighted by atomic mass is 9.95. The maximum Gasteiger partial charge on any atom is 0.134 e. The molecule has 5 heteroatoms. The zero-order valence-electron chi connectivity index (χ0n) is 15.8. The van der Waals surface area contributed by atoms with Crippen molar-refractivity contribution in [2.75, 3.05) is 25.0 Å². The van der Waals surface area contributed by atoms with Gasteiger partial charge in [-0.25, -0.2) is 9.37 Å². The topological polar surface area (TPSA) is 37.0 Å². The largest absolute Gasteiger partial charge is 0.384 e. The molecular weight excluding hydrogens is 373 g/mol. The second-order valence-corrected chi connectivity index (χ2v) is 7.91. The highest BCUT2D eigenvalue weighted by atomic mass is 35.5. The number of halogens is 2. The van der Waals surface area contributed by atoms with Gasteiger partial charge in [-0.05, 0) is 75.0 Å². The van der Waals surface area contributed by atoms with Crippen molar-refractivity contribution in [1.29, 1.82) is 0 Å². The van der Waals surface area contributed by atoms with Crippen molar-refractivity contribution in [3.05, 3.63) is 59.4 Å². The summed E-state index contributed by atoms with van der Waals surface area (Å²) in [5, 5.41) is 8.48. The van der Waals surface area contributed by atoms with Crippen molar-refractivity contribution in [2.45, 2.75) is 25.7 Å². The molecule has 3 aromatic rings. The second-order valence-electron chi connectivity index (χ2n) is 7.48. The number of para-hydroxylation sites is 1. The zero-order chi connectivity index (χ0) is 19.3. The van der Waals surface area contributed by atoms with Crippen molar-refractivity contribution >= 4 is 28.2 Å². The van der Waals surface area contributed by atoms with Crippen molar-refractivity contribution in [3.8, 4) is 11.3 Å². The molecule has 0 amide bonds. The quantitative estimate of drug-likeness (QED) is 0.509. The lowest BCUT2D eigenvalue weighted by Gasteiger charge is -2.22. The van der Waals surface area contributed by atoms with Crippen LogP contribution in [-0.2, 0) is 0 Å². The second kappa shape index (κ2) is 8.89. The Labute approximate surface area is 170 Å². The number of pyridine rings is 1. The fourth-order valence-corrected chi connectivity index (χ4v) is 4.10. The summed E-state index contributed by atoms with van der Waals surface area (Å²) >= 11 is 5.90. The fraction of sp³-hybridized carbons (Fsp3) is 0.348. The highest BCUT2D eigenvalue weighted by molar-refractivity contribution is 6.30. The van der Waals surface area contributed by atoms with Crippen LogP contribution in [0.1, 0.15) is 25.7 Å². The SMILES string of the molecule is Fc1cc(Cl)ccc1-c1cc(NCCCC2CCCNC2)c2ccccc2n1. The summed E-state index contributed by atoms with van der Waals surface area (Å²) in [6.45, 7) is 3.19. The molecule has 2 heterocycles. The minimum Gasteiger partial charge on any atom is -0.384 e. The van der Waals surface area contributed by atoms with E-state index in [0.717, 1.165) is 48.6 Å². The number of fused-ring (bicyclic) bond motifs is 1. The van der Waals surface area contributed by atoms with Crippen LogP contribution in [-0.4, -0.2) is 24.6 Å². The molecule has 0 saturated carbocycles. The van der Waals surface area contributed by atoms with Crippen LogP contribution in [0.25, 0.3) is 22.2 Å². The number of benzene rings is 2. The number of piperidine rings is 1. The predicted octanol–water partition coefficient (Wildman–Crippen LogP) is 5.89. The summed E-state index contributed by atoms with van der Waals surface area (Å²) in [7, 11) is 0. The van der Waals surface area contributed by atoms with E-state index in [1.54, 1.807) is 12.1 Å². The monoisotopic (exact) mass is 397 g/mol. The fourth-order valence-electron chi connectivity index (χ4n) is 3.94. The first-order valence-corrected chi connectivity index (χ1v) is 10.4. The Morgan fingerprint density at radius 1 is 1.18 bits per heavy atom. The summed E-state index contributed by atoms with van der Waals surface area (Å²) < 4.78 is 14.4. The molecule has 1 aliphatic rings. The lowest BCUT2D eigenvalue weighted by Crippen LogP contribution is -2.29. The van der Waals surface area contributed by atoms with Crippen LogP contribution in [0, 0.1) is 11.7 Å². The number of hydrogen-bond acceptors (Lipinski definition) is 3. The van der Waals surface area contributed by atoms with Gasteiger partial charge in [0.2, 0.25) is 0 Å². The summed E-state index contributed by atoms with van der Waals surface area (Å²) in [6, 6.07) is 14.6. The van der Waals surface area contributed by atoms with Gasteiger partial charge in [-0.1, -0.05) is 29.8 Å². The Morgan fingerprint density at radius 3 is 2.89 bits per heavy atom. The molecule has 0 radical (unpaired) electrons. The molecule has 28 heavy (non-hydrogen) atoms. The van der Waals surface area contributed by atoms with Gasteiger partial charge in [-0.15, -0.1) is 0 Å². The molecule has 1 atom stereocenters. The smallest absolute Gasteiger partial charge is 0.134 e. The maximum atomic E-state index is 14.4. The Kier molecular flexibility index (Phi) is 6.08. The van der Waals surface area contributed by atoms with Gasteiger partial charge in [-0.2, -0.15) is 0 Å². The van der Waals surface area contributed by atoms with E-state index in [0.29, 0.717) is 16.3 Å². The van der Waals surface area contributed by atoms with Crippen LogP contribution >= 0.6 is 11.6 Å². The molecule has 4 rings (SSSR count). The highest BCUT2D eigenvalue weighted by Gasteiger charge is 2.13. The average molecular weight is 398 g/mol. The van der Waals surface area contributed by atoms with Crippen LogP contribution in [0.2, 0.25) is 5.02 Å². The van der Waals surface area contributed by atoms with Gasteiger partial charge >= 0.3 is 0 Å². The molecular formula is C23H25ClFN3. The first kappa shape index (κ1) is 19.2. The first-order valence-electron chi connectivity index (χ1n) is 10.0. The van der Waals surface area contributed by atoms with E-state index in [4.69, 9.17) is 11.6 Å². The summed E-state index contributed by atoms with van der Waals surface area (Å²) in [5.74, 6) is 0.425. The summed E-state index contributed by atoms with van der Waals surface area (Å²) in [5.41, 5.74) is 2.93. The summed E-state index contributed by atoms with van der Waals surface area (Å²) in [6.07, 6.45) is 4.95. The molecule has 1 unspecified atom stereocenters. The molecule has 2 aromatic carbocycles. The molecule has 3 nitrogen and oxygen atoms in total. The number of nitrogens with zero attached hydrogens (tertiary/aromatic N) is 1. The van der Waals surface area contributed by atoms with E-state index in [1.165, 1.54) is 25.3 Å². The van der Waals surface area contributed by atoms with Crippen LogP contribution < -0.4 is 10.6 Å². The van der Waals surface area contributed by atoms with Crippen LogP contribution in [0.3, 0.4) is 0 Å². The van der Waals surface area contributed by atoms with Gasteiger partial charge in [0.05, 0.1) is 11.2 Å². The zero-order valence-corrected chi connectivity index (χ0v) is 16.6. The number of rotatable bonds is 6. The highest BCUT2D eigenvalue weighted by Crippen LogP contribution is 2.30. The molecule has 0 spiro atoms. The molecule has 146 valence electrons. The van der Waals surface area contributed by atoms with Crippen molar-refractivity contribution in [2.24, 2.45) is 5.92 Å². The third kappa shape index (κ3) is 4.45. The predicted molar refractivity (Wildman–Crippen MR) is 115 cm³/mol. The third-order valence-electron chi connectivity index (χ3n) is 5.43. The van der Waals surface area contributed by atoms with E-state index in [2.05, 4.69) is 21.7 Å². The number of aromatic nitrogens is 1. The van der Waals surface area contributed by atoms with Crippen molar-refractivity contribution in [1.82, 2.24) is 10.3 Å². The van der Waals surface area contributed by atoms with Gasteiger partial charge < -0.3 is 10.6 Å². The van der Waals surface area contributed by atoms with E-state index in [-0.39, 0.29) is 5.82 Å². The molecule has 1 fully saturated rings. The molecule has 0 aliphatic carbocycles. The molecule has 1 saturated heterocycles.